The molecule has 0 saturated carbocycles. The summed E-state index contributed by atoms with van der Waals surface area (Å²) in [6.07, 6.45) is 4.85. The Morgan fingerprint density at radius 3 is 2.40 bits per heavy atom. The number of ether oxygens (including phenoxy) is 1. The van der Waals surface area contributed by atoms with Crippen LogP contribution in [0.4, 0.5) is 0 Å². The number of nitrogens with zero attached hydrogens (tertiary/aromatic N) is 1. The number of hydrogen-bond donors (Lipinski definition) is 0. The molecule has 1 amide bonds. The van der Waals surface area contributed by atoms with Gasteiger partial charge in [0.05, 0.1) is 5.92 Å². The first-order valence-electron chi connectivity index (χ1n) is 7.02. The Morgan fingerprint density at radius 1 is 1.30 bits per heavy atom. The largest absolute Gasteiger partial charge is 0.460 e. The zero-order valence-electron chi connectivity index (χ0n) is 12.9. The Morgan fingerprint density at radius 2 is 1.90 bits per heavy atom. The topological polar surface area (TPSA) is 46.6 Å². The summed E-state index contributed by atoms with van der Waals surface area (Å²) in [5, 5.41) is 0. The molecule has 20 heavy (non-hydrogen) atoms. The van der Waals surface area contributed by atoms with E-state index >= 15 is 0 Å². The fourth-order valence-corrected chi connectivity index (χ4v) is 1.96. The van der Waals surface area contributed by atoms with Crippen LogP contribution in [-0.2, 0) is 14.3 Å². The van der Waals surface area contributed by atoms with Crippen LogP contribution in [0, 0.1) is 5.92 Å². The van der Waals surface area contributed by atoms with Gasteiger partial charge in [-0.15, -0.1) is 0 Å². The van der Waals surface area contributed by atoms with Gasteiger partial charge in [-0.25, -0.2) is 0 Å². The monoisotopic (exact) mass is 279 g/mol. The average molecular weight is 279 g/mol. The number of likely N-dealkylation sites (tertiary alicyclic amines) is 1. The van der Waals surface area contributed by atoms with Gasteiger partial charge in [-0.3, -0.25) is 9.59 Å². The molecule has 1 rings (SSSR count). The van der Waals surface area contributed by atoms with Gasteiger partial charge >= 0.3 is 5.97 Å². The van der Waals surface area contributed by atoms with Crippen LogP contribution < -0.4 is 0 Å². The number of amides is 1. The zero-order valence-corrected chi connectivity index (χ0v) is 12.9. The van der Waals surface area contributed by atoms with Crippen LogP contribution in [0.3, 0.4) is 0 Å². The summed E-state index contributed by atoms with van der Waals surface area (Å²) >= 11 is 0. The van der Waals surface area contributed by atoms with Gasteiger partial charge in [0, 0.05) is 19.5 Å². The van der Waals surface area contributed by atoms with E-state index in [0.29, 0.717) is 19.5 Å². The lowest BCUT2D eigenvalue weighted by Gasteiger charge is -2.39. The molecule has 112 valence electrons. The van der Waals surface area contributed by atoms with Crippen molar-refractivity contribution >= 4 is 11.9 Å². The van der Waals surface area contributed by atoms with Crippen LogP contribution in [0.25, 0.3) is 0 Å². The maximum Gasteiger partial charge on any atom is 0.313 e. The molecule has 0 spiro atoms. The molecular formula is C16H25NO3. The molecular weight excluding hydrogens is 254 g/mol. The SMILES string of the molecule is C=C/C=C(\C)CCC(=O)N1CC(C(=O)OC(C)(C)C)C1. The third kappa shape index (κ3) is 5.19. The predicted octanol–water partition coefficient (Wildman–Crippen LogP) is 2.70. The molecule has 0 N–H and O–H groups in total. The summed E-state index contributed by atoms with van der Waals surface area (Å²) < 4.78 is 5.30. The highest BCUT2D eigenvalue weighted by Gasteiger charge is 2.37. The molecule has 1 aliphatic heterocycles. The molecule has 4 nitrogen and oxygen atoms in total. The first-order valence-corrected chi connectivity index (χ1v) is 7.02. The van der Waals surface area contributed by atoms with Gasteiger partial charge in [-0.2, -0.15) is 0 Å². The smallest absolute Gasteiger partial charge is 0.313 e. The van der Waals surface area contributed by atoms with Gasteiger partial charge in [-0.05, 0) is 34.1 Å². The summed E-state index contributed by atoms with van der Waals surface area (Å²) in [5.74, 6) is -0.270. The van der Waals surface area contributed by atoms with E-state index in [1.165, 1.54) is 0 Å². The minimum absolute atomic E-state index is 0.0987. The van der Waals surface area contributed by atoms with Crippen molar-refractivity contribution in [1.29, 1.82) is 0 Å². The fraction of sp³-hybridized carbons (Fsp3) is 0.625. The fourth-order valence-electron chi connectivity index (χ4n) is 1.96. The van der Waals surface area contributed by atoms with Crippen molar-refractivity contribution in [2.45, 2.75) is 46.1 Å². The highest BCUT2D eigenvalue weighted by atomic mass is 16.6. The quantitative estimate of drug-likeness (QED) is 0.574. The van der Waals surface area contributed by atoms with Crippen molar-refractivity contribution in [2.24, 2.45) is 5.92 Å². The Balaban J connectivity index is 2.30. The molecule has 0 aliphatic carbocycles. The van der Waals surface area contributed by atoms with Crippen LogP contribution in [0.1, 0.15) is 40.5 Å². The van der Waals surface area contributed by atoms with Gasteiger partial charge in [0.25, 0.3) is 0 Å². The Bertz CT molecular complexity index is 412. The van der Waals surface area contributed by atoms with Crippen LogP contribution in [-0.4, -0.2) is 35.5 Å². The Hall–Kier alpha value is -1.58. The van der Waals surface area contributed by atoms with E-state index in [2.05, 4.69) is 6.58 Å². The van der Waals surface area contributed by atoms with Gasteiger partial charge in [0.1, 0.15) is 5.60 Å². The van der Waals surface area contributed by atoms with Crippen molar-refractivity contribution in [1.82, 2.24) is 4.90 Å². The van der Waals surface area contributed by atoms with E-state index in [1.807, 2.05) is 33.8 Å². The zero-order chi connectivity index (χ0) is 15.3. The molecule has 1 heterocycles. The summed E-state index contributed by atoms with van der Waals surface area (Å²) in [7, 11) is 0. The number of carbonyl (C=O) groups is 2. The van der Waals surface area contributed by atoms with Crippen LogP contribution in [0.5, 0.6) is 0 Å². The lowest BCUT2D eigenvalue weighted by atomic mass is 9.98. The molecule has 0 bridgehead atoms. The predicted molar refractivity (Wildman–Crippen MR) is 79.1 cm³/mol. The van der Waals surface area contributed by atoms with Crippen LogP contribution in [0.15, 0.2) is 24.3 Å². The van der Waals surface area contributed by atoms with Crippen molar-refractivity contribution < 1.29 is 14.3 Å². The molecule has 0 aromatic heterocycles. The average Bonchev–Trinajstić information content (AvgIpc) is 2.22. The van der Waals surface area contributed by atoms with Gasteiger partial charge < -0.3 is 9.64 Å². The molecule has 0 aromatic carbocycles. The Kier molecular flexibility index (Phi) is 5.54. The summed E-state index contributed by atoms with van der Waals surface area (Å²) in [6, 6.07) is 0. The highest BCUT2D eigenvalue weighted by molar-refractivity contribution is 5.82. The maximum atomic E-state index is 11.9. The van der Waals surface area contributed by atoms with Gasteiger partial charge in [-0.1, -0.05) is 24.3 Å². The van der Waals surface area contributed by atoms with E-state index in [1.54, 1.807) is 11.0 Å². The molecule has 1 aliphatic rings. The van der Waals surface area contributed by atoms with Crippen LogP contribution >= 0.6 is 0 Å². The molecule has 1 fully saturated rings. The van der Waals surface area contributed by atoms with Crippen LogP contribution in [0.2, 0.25) is 0 Å². The lowest BCUT2D eigenvalue weighted by molar-refractivity contribution is -0.167. The second kappa shape index (κ2) is 6.73. The lowest BCUT2D eigenvalue weighted by Crippen LogP contribution is -2.54. The van der Waals surface area contributed by atoms with Gasteiger partial charge in [0.2, 0.25) is 5.91 Å². The van der Waals surface area contributed by atoms with E-state index in [-0.39, 0.29) is 17.8 Å². The van der Waals surface area contributed by atoms with E-state index in [0.717, 1.165) is 12.0 Å². The first kappa shape index (κ1) is 16.5. The van der Waals surface area contributed by atoms with E-state index < -0.39 is 5.60 Å². The summed E-state index contributed by atoms with van der Waals surface area (Å²) in [6.45, 7) is 12.1. The summed E-state index contributed by atoms with van der Waals surface area (Å²) in [5.41, 5.74) is 0.672. The number of esters is 1. The number of rotatable bonds is 5. The number of allylic oxidation sites excluding steroid dienone is 3. The molecule has 4 heteroatoms. The molecule has 0 unspecified atom stereocenters. The maximum absolute atomic E-state index is 11.9. The van der Waals surface area contributed by atoms with Gasteiger partial charge in [0.15, 0.2) is 0 Å². The third-order valence-corrected chi connectivity index (χ3v) is 3.11. The molecule has 0 aromatic rings. The minimum atomic E-state index is -0.464. The molecule has 1 saturated heterocycles. The number of hydrogen-bond acceptors (Lipinski definition) is 3. The highest BCUT2D eigenvalue weighted by Crippen LogP contribution is 2.21. The number of carbonyl (C=O) groups excluding carboxylic acids is 2. The van der Waals surface area contributed by atoms with Crippen molar-refractivity contribution in [3.63, 3.8) is 0 Å². The molecule has 0 atom stereocenters. The minimum Gasteiger partial charge on any atom is -0.460 e. The molecule has 0 radical (unpaired) electrons. The van der Waals surface area contributed by atoms with Crippen molar-refractivity contribution in [2.75, 3.05) is 13.1 Å². The Labute approximate surface area is 121 Å². The van der Waals surface area contributed by atoms with Crippen molar-refractivity contribution in [3.05, 3.63) is 24.3 Å². The normalized spacial score (nSPS) is 16.6. The third-order valence-electron chi connectivity index (χ3n) is 3.11. The van der Waals surface area contributed by atoms with E-state index in [4.69, 9.17) is 4.74 Å². The van der Waals surface area contributed by atoms with Crippen molar-refractivity contribution in [3.8, 4) is 0 Å². The summed E-state index contributed by atoms with van der Waals surface area (Å²) in [4.78, 5) is 25.4. The first-order chi connectivity index (χ1) is 9.23. The van der Waals surface area contributed by atoms with E-state index in [9.17, 15) is 9.59 Å². The second-order valence-corrected chi connectivity index (χ2v) is 6.28. The standard InChI is InChI=1S/C16H25NO3/c1-6-7-12(2)8-9-14(18)17-10-13(11-17)15(19)20-16(3,4)5/h6-7,13H,1,8-11H2,2-5H3/b12-7+. The second-order valence-electron chi connectivity index (χ2n) is 6.28.